The average Bonchev–Trinajstić information content (AvgIpc) is 2.98. The molecule has 0 atom stereocenters. The third-order valence-electron chi connectivity index (χ3n) is 4.22. The zero-order valence-electron chi connectivity index (χ0n) is 14.3. The van der Waals surface area contributed by atoms with E-state index in [2.05, 4.69) is 4.98 Å². The number of hydrogen-bond acceptors (Lipinski definition) is 3. The third-order valence-corrected chi connectivity index (χ3v) is 4.22. The van der Waals surface area contributed by atoms with Gasteiger partial charge in [0.1, 0.15) is 0 Å². The molecule has 0 bridgehead atoms. The topological polar surface area (TPSA) is 61.8 Å². The fourth-order valence-corrected chi connectivity index (χ4v) is 2.95. The second kappa shape index (κ2) is 6.47. The van der Waals surface area contributed by atoms with Gasteiger partial charge < -0.3 is 4.57 Å². The van der Waals surface area contributed by atoms with Gasteiger partial charge in [0, 0.05) is 19.6 Å². The molecule has 0 spiro atoms. The molecular weight excluding hydrogens is 304 g/mol. The van der Waals surface area contributed by atoms with Crippen LogP contribution in [0.15, 0.2) is 40.2 Å². The Morgan fingerprint density at radius 1 is 1.04 bits per heavy atom. The summed E-state index contributed by atoms with van der Waals surface area (Å²) in [5, 5.41) is 0. The van der Waals surface area contributed by atoms with Crippen molar-refractivity contribution in [2.45, 2.75) is 46.8 Å². The predicted molar refractivity (Wildman–Crippen MR) is 94.5 cm³/mol. The van der Waals surface area contributed by atoms with Crippen LogP contribution in [-0.4, -0.2) is 18.7 Å². The van der Waals surface area contributed by atoms with Crippen LogP contribution >= 0.6 is 0 Å². The first kappa shape index (κ1) is 16.2. The molecule has 126 valence electrons. The maximum atomic E-state index is 12.8. The summed E-state index contributed by atoms with van der Waals surface area (Å²) in [5.74, 6) is 0. The van der Waals surface area contributed by atoms with E-state index in [1.165, 1.54) is 10.1 Å². The Bertz CT molecular complexity index is 977. The Kier molecular flexibility index (Phi) is 4.38. The predicted octanol–water partition coefficient (Wildman–Crippen LogP) is 2.15. The molecule has 0 saturated carbocycles. The zero-order chi connectivity index (χ0) is 17.3. The molecule has 6 nitrogen and oxygen atoms in total. The molecule has 0 aliphatic heterocycles. The summed E-state index contributed by atoms with van der Waals surface area (Å²) in [5.41, 5.74) is 2.70. The zero-order valence-corrected chi connectivity index (χ0v) is 14.3. The van der Waals surface area contributed by atoms with Gasteiger partial charge in [0.25, 0.3) is 5.56 Å². The Balaban J connectivity index is 2.20. The molecule has 0 unspecified atom stereocenters. The fourth-order valence-electron chi connectivity index (χ4n) is 2.95. The SMILES string of the molecule is CCCn1c(=O)c2c(ncn2Cc2ccc(C)cc2)n(CC)c1=O. The number of aryl methyl sites for hydroxylation is 2. The van der Waals surface area contributed by atoms with Crippen LogP contribution in [0.3, 0.4) is 0 Å². The number of imidazole rings is 1. The molecule has 0 saturated heterocycles. The van der Waals surface area contributed by atoms with Crippen LogP contribution in [0.25, 0.3) is 11.2 Å². The van der Waals surface area contributed by atoms with Crippen molar-refractivity contribution < 1.29 is 0 Å². The number of benzene rings is 1. The first-order valence-corrected chi connectivity index (χ1v) is 8.30. The summed E-state index contributed by atoms with van der Waals surface area (Å²) >= 11 is 0. The molecule has 24 heavy (non-hydrogen) atoms. The van der Waals surface area contributed by atoms with Gasteiger partial charge >= 0.3 is 5.69 Å². The monoisotopic (exact) mass is 326 g/mol. The van der Waals surface area contributed by atoms with Crippen molar-refractivity contribution in [3.05, 3.63) is 62.6 Å². The van der Waals surface area contributed by atoms with E-state index in [1.807, 2.05) is 49.6 Å². The van der Waals surface area contributed by atoms with Crippen molar-refractivity contribution in [1.29, 1.82) is 0 Å². The first-order chi connectivity index (χ1) is 11.6. The van der Waals surface area contributed by atoms with E-state index in [9.17, 15) is 9.59 Å². The molecule has 0 N–H and O–H groups in total. The van der Waals surface area contributed by atoms with Crippen molar-refractivity contribution in [2.24, 2.45) is 0 Å². The molecular formula is C18H22N4O2. The highest BCUT2D eigenvalue weighted by atomic mass is 16.2. The highest BCUT2D eigenvalue weighted by Gasteiger charge is 2.16. The largest absolute Gasteiger partial charge is 0.332 e. The van der Waals surface area contributed by atoms with E-state index in [0.717, 1.165) is 12.0 Å². The maximum absolute atomic E-state index is 12.8. The minimum Gasteiger partial charge on any atom is -0.320 e. The summed E-state index contributed by atoms with van der Waals surface area (Å²) in [7, 11) is 0. The summed E-state index contributed by atoms with van der Waals surface area (Å²) in [6, 6.07) is 8.18. The van der Waals surface area contributed by atoms with Crippen molar-refractivity contribution in [2.75, 3.05) is 0 Å². The van der Waals surface area contributed by atoms with Gasteiger partial charge in [0.05, 0.1) is 6.33 Å². The van der Waals surface area contributed by atoms with E-state index in [4.69, 9.17) is 0 Å². The number of rotatable bonds is 5. The van der Waals surface area contributed by atoms with Gasteiger partial charge in [-0.25, -0.2) is 9.78 Å². The van der Waals surface area contributed by atoms with E-state index in [-0.39, 0.29) is 11.2 Å². The van der Waals surface area contributed by atoms with Gasteiger partial charge in [0.2, 0.25) is 0 Å². The molecule has 1 aromatic carbocycles. The molecule has 0 radical (unpaired) electrons. The van der Waals surface area contributed by atoms with Gasteiger partial charge in [-0.2, -0.15) is 0 Å². The van der Waals surface area contributed by atoms with Gasteiger partial charge in [-0.1, -0.05) is 36.8 Å². The molecule has 2 aromatic heterocycles. The summed E-state index contributed by atoms with van der Waals surface area (Å²) in [4.78, 5) is 29.7. The van der Waals surface area contributed by atoms with E-state index in [1.54, 1.807) is 10.9 Å². The molecule has 6 heteroatoms. The Hall–Kier alpha value is -2.63. The van der Waals surface area contributed by atoms with Crippen LogP contribution in [0.1, 0.15) is 31.4 Å². The van der Waals surface area contributed by atoms with Crippen LogP contribution in [0.4, 0.5) is 0 Å². The molecule has 0 aliphatic rings. The van der Waals surface area contributed by atoms with Crippen LogP contribution in [0, 0.1) is 6.92 Å². The quantitative estimate of drug-likeness (QED) is 0.722. The van der Waals surface area contributed by atoms with Gasteiger partial charge in [-0.05, 0) is 25.8 Å². The van der Waals surface area contributed by atoms with Crippen LogP contribution in [0.2, 0.25) is 0 Å². The minimum atomic E-state index is -0.280. The lowest BCUT2D eigenvalue weighted by molar-refractivity contribution is 0.570. The van der Waals surface area contributed by atoms with E-state index < -0.39 is 0 Å². The lowest BCUT2D eigenvalue weighted by Crippen LogP contribution is -2.40. The highest BCUT2D eigenvalue weighted by molar-refractivity contribution is 5.70. The second-order valence-electron chi connectivity index (χ2n) is 6.01. The van der Waals surface area contributed by atoms with Gasteiger partial charge in [-0.15, -0.1) is 0 Å². The van der Waals surface area contributed by atoms with Gasteiger partial charge in [-0.3, -0.25) is 13.9 Å². The van der Waals surface area contributed by atoms with Gasteiger partial charge in [0.15, 0.2) is 11.2 Å². The molecule has 2 heterocycles. The Morgan fingerprint density at radius 3 is 2.38 bits per heavy atom. The number of hydrogen-bond donors (Lipinski definition) is 0. The van der Waals surface area contributed by atoms with Crippen molar-refractivity contribution in [3.63, 3.8) is 0 Å². The van der Waals surface area contributed by atoms with E-state index >= 15 is 0 Å². The molecule has 0 amide bonds. The standard InChI is InChI=1S/C18H22N4O2/c1-4-10-22-17(23)15-16(21(5-2)18(22)24)19-12-20(15)11-14-8-6-13(3)7-9-14/h6-9,12H,4-5,10-11H2,1-3H3. The molecule has 0 aliphatic carbocycles. The molecule has 3 rings (SSSR count). The highest BCUT2D eigenvalue weighted by Crippen LogP contribution is 2.11. The number of fused-ring (bicyclic) bond motifs is 1. The van der Waals surface area contributed by atoms with E-state index in [0.29, 0.717) is 30.8 Å². The lowest BCUT2D eigenvalue weighted by Gasteiger charge is -2.10. The Morgan fingerprint density at radius 2 is 1.75 bits per heavy atom. The van der Waals surface area contributed by atoms with Crippen molar-refractivity contribution >= 4 is 11.2 Å². The van der Waals surface area contributed by atoms with Crippen molar-refractivity contribution in [3.8, 4) is 0 Å². The maximum Gasteiger partial charge on any atom is 0.332 e. The summed E-state index contributed by atoms with van der Waals surface area (Å²) in [6.45, 7) is 7.35. The fraction of sp³-hybridized carbons (Fsp3) is 0.389. The number of aromatic nitrogens is 4. The smallest absolute Gasteiger partial charge is 0.320 e. The molecule has 3 aromatic rings. The number of nitrogens with zero attached hydrogens (tertiary/aromatic N) is 4. The summed E-state index contributed by atoms with van der Waals surface area (Å²) < 4.78 is 4.72. The van der Waals surface area contributed by atoms with Crippen molar-refractivity contribution in [1.82, 2.24) is 18.7 Å². The second-order valence-corrected chi connectivity index (χ2v) is 6.01. The van der Waals surface area contributed by atoms with Crippen LogP contribution in [0.5, 0.6) is 0 Å². The Labute approximate surface area is 140 Å². The minimum absolute atomic E-state index is 0.258. The molecule has 0 fully saturated rings. The average molecular weight is 326 g/mol. The lowest BCUT2D eigenvalue weighted by atomic mass is 10.1. The third kappa shape index (κ3) is 2.68. The van der Waals surface area contributed by atoms with Crippen LogP contribution < -0.4 is 11.2 Å². The summed E-state index contributed by atoms with van der Waals surface area (Å²) in [6.07, 6.45) is 2.38. The first-order valence-electron chi connectivity index (χ1n) is 8.30. The normalized spacial score (nSPS) is 11.3. The van der Waals surface area contributed by atoms with Crippen LogP contribution in [-0.2, 0) is 19.6 Å².